The van der Waals surface area contributed by atoms with Gasteiger partial charge in [-0.25, -0.2) is 4.98 Å². The SMILES string of the molecule is CC(C)NCc1nc2c(C(C)(C)C)cccc2n1C. The monoisotopic (exact) mass is 259 g/mol. The molecular formula is C16H25N3. The highest BCUT2D eigenvalue weighted by molar-refractivity contribution is 5.80. The zero-order chi connectivity index (χ0) is 14.2. The molecule has 0 aliphatic heterocycles. The summed E-state index contributed by atoms with van der Waals surface area (Å²) in [7, 11) is 2.10. The van der Waals surface area contributed by atoms with E-state index in [4.69, 9.17) is 4.98 Å². The van der Waals surface area contributed by atoms with E-state index in [2.05, 4.69) is 69.7 Å². The van der Waals surface area contributed by atoms with Gasteiger partial charge in [-0.05, 0) is 17.0 Å². The van der Waals surface area contributed by atoms with Crippen LogP contribution in [0.15, 0.2) is 18.2 Å². The number of aryl methyl sites for hydroxylation is 1. The number of fused-ring (bicyclic) bond motifs is 1. The largest absolute Gasteiger partial charge is 0.330 e. The van der Waals surface area contributed by atoms with Gasteiger partial charge in [0.2, 0.25) is 0 Å². The minimum absolute atomic E-state index is 0.122. The van der Waals surface area contributed by atoms with Crippen LogP contribution in [0.5, 0.6) is 0 Å². The number of aromatic nitrogens is 2. The number of hydrogen-bond donors (Lipinski definition) is 1. The van der Waals surface area contributed by atoms with E-state index >= 15 is 0 Å². The van der Waals surface area contributed by atoms with Gasteiger partial charge in [-0.3, -0.25) is 0 Å². The van der Waals surface area contributed by atoms with Crippen LogP contribution in [-0.4, -0.2) is 15.6 Å². The fraction of sp³-hybridized carbons (Fsp3) is 0.562. The number of imidazole rings is 1. The van der Waals surface area contributed by atoms with Crippen molar-refractivity contribution in [2.45, 2.75) is 52.6 Å². The highest BCUT2D eigenvalue weighted by Crippen LogP contribution is 2.29. The van der Waals surface area contributed by atoms with Crippen molar-refractivity contribution >= 4 is 11.0 Å². The van der Waals surface area contributed by atoms with Crippen molar-refractivity contribution in [2.75, 3.05) is 0 Å². The van der Waals surface area contributed by atoms with Crippen molar-refractivity contribution in [3.8, 4) is 0 Å². The van der Waals surface area contributed by atoms with Gasteiger partial charge in [0.25, 0.3) is 0 Å². The molecule has 0 bridgehead atoms. The molecule has 0 aliphatic rings. The van der Waals surface area contributed by atoms with Gasteiger partial charge in [-0.2, -0.15) is 0 Å². The maximum absolute atomic E-state index is 4.85. The number of nitrogens with zero attached hydrogens (tertiary/aromatic N) is 2. The van der Waals surface area contributed by atoms with Crippen LogP contribution >= 0.6 is 0 Å². The third-order valence-electron chi connectivity index (χ3n) is 3.48. The zero-order valence-electron chi connectivity index (χ0n) is 12.9. The van der Waals surface area contributed by atoms with E-state index in [0.717, 1.165) is 17.9 Å². The number of nitrogens with one attached hydrogen (secondary N) is 1. The first kappa shape index (κ1) is 14.1. The molecule has 3 heteroatoms. The lowest BCUT2D eigenvalue weighted by atomic mass is 9.86. The highest BCUT2D eigenvalue weighted by atomic mass is 15.1. The normalized spacial score (nSPS) is 12.6. The molecule has 0 radical (unpaired) electrons. The Bertz CT molecular complexity index is 573. The van der Waals surface area contributed by atoms with Gasteiger partial charge in [0, 0.05) is 13.1 Å². The number of benzene rings is 1. The maximum atomic E-state index is 4.85. The van der Waals surface area contributed by atoms with Gasteiger partial charge in [0.1, 0.15) is 5.82 Å². The fourth-order valence-electron chi connectivity index (χ4n) is 2.32. The summed E-state index contributed by atoms with van der Waals surface area (Å²) < 4.78 is 2.19. The molecular weight excluding hydrogens is 234 g/mol. The molecule has 19 heavy (non-hydrogen) atoms. The average molecular weight is 259 g/mol. The van der Waals surface area contributed by atoms with E-state index in [1.54, 1.807) is 0 Å². The van der Waals surface area contributed by atoms with Crippen LogP contribution in [-0.2, 0) is 19.0 Å². The van der Waals surface area contributed by atoms with E-state index in [1.807, 2.05) is 0 Å². The van der Waals surface area contributed by atoms with Gasteiger partial charge in [0.15, 0.2) is 0 Å². The van der Waals surface area contributed by atoms with Crippen LogP contribution in [0.3, 0.4) is 0 Å². The first-order valence-corrected chi connectivity index (χ1v) is 6.99. The number of rotatable bonds is 3. The van der Waals surface area contributed by atoms with Crippen LogP contribution in [0, 0.1) is 0 Å². The molecule has 1 aromatic heterocycles. The van der Waals surface area contributed by atoms with Crippen LogP contribution in [0.25, 0.3) is 11.0 Å². The average Bonchev–Trinajstić information content (AvgIpc) is 2.62. The Balaban J connectivity index is 2.50. The smallest absolute Gasteiger partial charge is 0.123 e. The summed E-state index contributed by atoms with van der Waals surface area (Å²) in [5.74, 6) is 1.10. The second-order valence-electron chi connectivity index (χ2n) is 6.55. The minimum atomic E-state index is 0.122. The van der Waals surface area contributed by atoms with Crippen LogP contribution in [0.2, 0.25) is 0 Å². The molecule has 0 saturated heterocycles. The minimum Gasteiger partial charge on any atom is -0.330 e. The third kappa shape index (κ3) is 2.81. The standard InChI is InChI=1S/C16H25N3/c1-11(2)17-10-14-18-15-12(16(3,4)5)8-7-9-13(15)19(14)6/h7-9,11,17H,10H2,1-6H3. The maximum Gasteiger partial charge on any atom is 0.123 e. The van der Waals surface area contributed by atoms with E-state index in [0.29, 0.717) is 6.04 Å². The Morgan fingerprint density at radius 3 is 2.53 bits per heavy atom. The summed E-state index contributed by atoms with van der Waals surface area (Å²) in [5, 5.41) is 3.44. The lowest BCUT2D eigenvalue weighted by Gasteiger charge is -2.19. The van der Waals surface area contributed by atoms with Gasteiger partial charge >= 0.3 is 0 Å². The summed E-state index contributed by atoms with van der Waals surface area (Å²) in [6.45, 7) is 11.8. The van der Waals surface area contributed by atoms with E-state index in [9.17, 15) is 0 Å². The highest BCUT2D eigenvalue weighted by Gasteiger charge is 2.20. The Hall–Kier alpha value is -1.35. The summed E-state index contributed by atoms with van der Waals surface area (Å²) >= 11 is 0. The van der Waals surface area contributed by atoms with Crippen molar-refractivity contribution in [3.05, 3.63) is 29.6 Å². The number of hydrogen-bond acceptors (Lipinski definition) is 2. The molecule has 0 unspecified atom stereocenters. The Morgan fingerprint density at radius 1 is 1.26 bits per heavy atom. The summed E-state index contributed by atoms with van der Waals surface area (Å²) in [4.78, 5) is 4.85. The molecule has 1 N–H and O–H groups in total. The van der Waals surface area contributed by atoms with Crippen LogP contribution < -0.4 is 5.32 Å². The predicted molar refractivity (Wildman–Crippen MR) is 81.4 cm³/mol. The second-order valence-corrected chi connectivity index (χ2v) is 6.55. The molecule has 104 valence electrons. The molecule has 3 nitrogen and oxygen atoms in total. The molecule has 2 aromatic rings. The second kappa shape index (κ2) is 4.97. The van der Waals surface area contributed by atoms with E-state index in [-0.39, 0.29) is 5.41 Å². The predicted octanol–water partition coefficient (Wildman–Crippen LogP) is 3.37. The molecule has 0 spiro atoms. The van der Waals surface area contributed by atoms with Gasteiger partial charge in [-0.1, -0.05) is 46.8 Å². The van der Waals surface area contributed by atoms with E-state index < -0.39 is 0 Å². The Morgan fingerprint density at radius 2 is 1.95 bits per heavy atom. The Labute approximate surface area is 116 Å². The molecule has 2 rings (SSSR count). The summed E-state index contributed by atoms with van der Waals surface area (Å²) in [6.07, 6.45) is 0. The van der Waals surface area contributed by atoms with Crippen LogP contribution in [0.1, 0.15) is 46.0 Å². The molecule has 0 fully saturated rings. The molecule has 0 amide bonds. The van der Waals surface area contributed by atoms with Gasteiger partial charge in [0.05, 0.1) is 17.6 Å². The van der Waals surface area contributed by atoms with Crippen molar-refractivity contribution in [3.63, 3.8) is 0 Å². The lowest BCUT2D eigenvalue weighted by Crippen LogP contribution is -2.23. The lowest BCUT2D eigenvalue weighted by molar-refractivity contribution is 0.563. The first-order chi connectivity index (χ1) is 8.80. The summed E-state index contributed by atoms with van der Waals surface area (Å²) in [6, 6.07) is 6.94. The zero-order valence-corrected chi connectivity index (χ0v) is 12.9. The quantitative estimate of drug-likeness (QED) is 0.916. The van der Waals surface area contributed by atoms with E-state index in [1.165, 1.54) is 11.1 Å². The van der Waals surface area contributed by atoms with Gasteiger partial charge < -0.3 is 9.88 Å². The third-order valence-corrected chi connectivity index (χ3v) is 3.48. The fourth-order valence-corrected chi connectivity index (χ4v) is 2.32. The van der Waals surface area contributed by atoms with Crippen LogP contribution in [0.4, 0.5) is 0 Å². The molecule has 0 atom stereocenters. The van der Waals surface area contributed by atoms with Crippen molar-refractivity contribution in [1.82, 2.24) is 14.9 Å². The van der Waals surface area contributed by atoms with Crippen molar-refractivity contribution in [2.24, 2.45) is 7.05 Å². The number of para-hydroxylation sites is 1. The molecule has 1 aromatic carbocycles. The molecule has 1 heterocycles. The summed E-state index contributed by atoms with van der Waals surface area (Å²) in [5.41, 5.74) is 3.79. The molecule has 0 aliphatic carbocycles. The van der Waals surface area contributed by atoms with Crippen molar-refractivity contribution in [1.29, 1.82) is 0 Å². The van der Waals surface area contributed by atoms with Crippen molar-refractivity contribution < 1.29 is 0 Å². The van der Waals surface area contributed by atoms with Gasteiger partial charge in [-0.15, -0.1) is 0 Å². The molecule has 0 saturated carbocycles. The topological polar surface area (TPSA) is 29.9 Å². The Kier molecular flexibility index (Phi) is 3.68. The first-order valence-electron chi connectivity index (χ1n) is 6.99.